The predicted molar refractivity (Wildman–Crippen MR) is 74.8 cm³/mol. The van der Waals surface area contributed by atoms with Crippen LogP contribution in [0.4, 0.5) is 0 Å². The van der Waals surface area contributed by atoms with Crippen molar-refractivity contribution in [3.8, 4) is 5.75 Å². The van der Waals surface area contributed by atoms with Crippen LogP contribution in [0.15, 0.2) is 24.3 Å². The van der Waals surface area contributed by atoms with Gasteiger partial charge in [0.1, 0.15) is 18.0 Å². The van der Waals surface area contributed by atoms with Crippen LogP contribution in [0.1, 0.15) is 12.0 Å². The molecular formula is C15H22O6. The molecule has 1 aromatic rings. The molecule has 0 amide bonds. The maximum Gasteiger partial charge on any atom is 0.118 e. The van der Waals surface area contributed by atoms with Crippen LogP contribution in [0.2, 0.25) is 0 Å². The highest BCUT2D eigenvalue weighted by molar-refractivity contribution is 5.26. The SMILES string of the molecule is COc1ccc(CO[C@@H]2C[C@H](CO)[C@@H](O)[C@H](O)[C@H]2O)cc1. The standard InChI is InChI=1S/C15H22O6/c1-20-11-4-2-9(3-5-11)8-21-12-6-10(7-16)13(17)15(19)14(12)18/h2-5,10,12-19H,6-8H2,1H3/t10-,12-,13-,14+,15+/m1/s1. The smallest absolute Gasteiger partial charge is 0.118 e. The molecule has 118 valence electrons. The second-order valence-corrected chi connectivity index (χ2v) is 5.35. The number of ether oxygens (including phenoxy) is 2. The third-order valence-electron chi connectivity index (χ3n) is 3.96. The zero-order valence-corrected chi connectivity index (χ0v) is 11.9. The first-order chi connectivity index (χ1) is 10.1. The summed E-state index contributed by atoms with van der Waals surface area (Å²) in [6.07, 6.45) is -3.93. The van der Waals surface area contributed by atoms with Crippen LogP contribution in [-0.4, -0.2) is 58.6 Å². The average Bonchev–Trinajstić information content (AvgIpc) is 2.52. The molecule has 0 heterocycles. The average molecular weight is 298 g/mol. The second-order valence-electron chi connectivity index (χ2n) is 5.35. The predicted octanol–water partition coefficient (Wildman–Crippen LogP) is -0.325. The van der Waals surface area contributed by atoms with E-state index >= 15 is 0 Å². The fraction of sp³-hybridized carbons (Fsp3) is 0.600. The Balaban J connectivity index is 1.94. The van der Waals surface area contributed by atoms with Gasteiger partial charge in [-0.05, 0) is 24.1 Å². The van der Waals surface area contributed by atoms with E-state index in [1.165, 1.54) is 0 Å². The first-order valence-electron chi connectivity index (χ1n) is 6.96. The largest absolute Gasteiger partial charge is 0.497 e. The molecule has 6 nitrogen and oxygen atoms in total. The van der Waals surface area contributed by atoms with Gasteiger partial charge in [-0.1, -0.05) is 12.1 Å². The van der Waals surface area contributed by atoms with Crippen molar-refractivity contribution in [2.45, 2.75) is 37.4 Å². The molecule has 0 unspecified atom stereocenters. The van der Waals surface area contributed by atoms with Gasteiger partial charge in [-0.3, -0.25) is 0 Å². The lowest BCUT2D eigenvalue weighted by Crippen LogP contribution is -2.55. The van der Waals surface area contributed by atoms with Crippen molar-refractivity contribution in [2.24, 2.45) is 5.92 Å². The second kappa shape index (κ2) is 7.20. The minimum atomic E-state index is -1.31. The van der Waals surface area contributed by atoms with E-state index in [1.54, 1.807) is 7.11 Å². The summed E-state index contributed by atoms with van der Waals surface area (Å²) in [6.45, 7) is 0.0139. The lowest BCUT2D eigenvalue weighted by Gasteiger charge is -2.39. The normalized spacial score (nSPS) is 32.9. The molecule has 1 aliphatic rings. The summed E-state index contributed by atoms with van der Waals surface area (Å²) >= 11 is 0. The van der Waals surface area contributed by atoms with E-state index in [1.807, 2.05) is 24.3 Å². The molecule has 0 aliphatic heterocycles. The lowest BCUT2D eigenvalue weighted by atomic mass is 9.81. The number of rotatable bonds is 5. The maximum absolute atomic E-state index is 9.94. The molecule has 0 spiro atoms. The molecular weight excluding hydrogens is 276 g/mol. The number of aliphatic hydroxyl groups is 4. The van der Waals surface area contributed by atoms with Gasteiger partial charge in [0, 0.05) is 12.5 Å². The van der Waals surface area contributed by atoms with Crippen LogP contribution < -0.4 is 4.74 Å². The zero-order chi connectivity index (χ0) is 15.4. The summed E-state index contributed by atoms with van der Waals surface area (Å²) in [5.41, 5.74) is 0.907. The van der Waals surface area contributed by atoms with Crippen LogP contribution >= 0.6 is 0 Å². The highest BCUT2D eigenvalue weighted by Gasteiger charge is 2.42. The summed E-state index contributed by atoms with van der Waals surface area (Å²) in [5.74, 6) is 0.250. The molecule has 6 heteroatoms. The van der Waals surface area contributed by atoms with E-state index in [2.05, 4.69) is 0 Å². The van der Waals surface area contributed by atoms with Crippen LogP contribution in [0.3, 0.4) is 0 Å². The summed E-state index contributed by atoms with van der Waals surface area (Å²) in [7, 11) is 1.59. The van der Waals surface area contributed by atoms with Gasteiger partial charge in [0.2, 0.25) is 0 Å². The molecule has 5 atom stereocenters. The zero-order valence-electron chi connectivity index (χ0n) is 11.9. The Morgan fingerprint density at radius 2 is 1.71 bits per heavy atom. The van der Waals surface area contributed by atoms with Crippen molar-refractivity contribution in [3.05, 3.63) is 29.8 Å². The van der Waals surface area contributed by atoms with Crippen LogP contribution in [0.5, 0.6) is 5.75 Å². The molecule has 0 saturated heterocycles. The Labute approximate surface area is 123 Å². The first-order valence-corrected chi connectivity index (χ1v) is 6.96. The fourth-order valence-electron chi connectivity index (χ4n) is 2.55. The first kappa shape index (κ1) is 16.2. The summed E-state index contributed by atoms with van der Waals surface area (Å²) in [4.78, 5) is 0. The van der Waals surface area contributed by atoms with E-state index in [0.29, 0.717) is 6.42 Å². The minimum Gasteiger partial charge on any atom is -0.497 e. The highest BCUT2D eigenvalue weighted by Crippen LogP contribution is 2.28. The summed E-state index contributed by atoms with van der Waals surface area (Å²) in [5, 5.41) is 38.7. The van der Waals surface area contributed by atoms with E-state index < -0.39 is 30.3 Å². The quantitative estimate of drug-likeness (QED) is 0.594. The van der Waals surface area contributed by atoms with Crippen LogP contribution in [-0.2, 0) is 11.3 Å². The van der Waals surface area contributed by atoms with E-state index in [0.717, 1.165) is 11.3 Å². The Bertz CT molecular complexity index is 432. The van der Waals surface area contributed by atoms with E-state index in [4.69, 9.17) is 9.47 Å². The van der Waals surface area contributed by atoms with Crippen molar-refractivity contribution >= 4 is 0 Å². The van der Waals surface area contributed by atoms with Crippen molar-refractivity contribution in [1.29, 1.82) is 0 Å². The van der Waals surface area contributed by atoms with E-state index in [9.17, 15) is 20.4 Å². The molecule has 0 bridgehead atoms. The van der Waals surface area contributed by atoms with Crippen LogP contribution in [0.25, 0.3) is 0 Å². The number of aliphatic hydroxyl groups excluding tert-OH is 4. The van der Waals surface area contributed by atoms with Crippen molar-refractivity contribution in [1.82, 2.24) is 0 Å². The number of hydrogen-bond acceptors (Lipinski definition) is 6. The molecule has 2 rings (SSSR count). The topological polar surface area (TPSA) is 99.4 Å². The maximum atomic E-state index is 9.94. The van der Waals surface area contributed by atoms with Crippen molar-refractivity contribution in [3.63, 3.8) is 0 Å². The summed E-state index contributed by atoms with van der Waals surface area (Å²) < 4.78 is 10.7. The van der Waals surface area contributed by atoms with Crippen LogP contribution in [0, 0.1) is 5.92 Å². The summed E-state index contributed by atoms with van der Waals surface area (Å²) in [6, 6.07) is 7.32. The molecule has 1 fully saturated rings. The Hall–Kier alpha value is -1.18. The molecule has 0 radical (unpaired) electrons. The van der Waals surface area contributed by atoms with Gasteiger partial charge in [0.05, 0.1) is 25.9 Å². The minimum absolute atomic E-state index is 0.257. The molecule has 1 aromatic carbocycles. The van der Waals surface area contributed by atoms with Gasteiger partial charge < -0.3 is 29.9 Å². The number of methoxy groups -OCH3 is 1. The van der Waals surface area contributed by atoms with Crippen molar-refractivity contribution < 1.29 is 29.9 Å². The third-order valence-corrected chi connectivity index (χ3v) is 3.96. The van der Waals surface area contributed by atoms with E-state index in [-0.39, 0.29) is 13.2 Å². The monoisotopic (exact) mass is 298 g/mol. The molecule has 4 N–H and O–H groups in total. The lowest BCUT2D eigenvalue weighted by molar-refractivity contribution is -0.180. The highest BCUT2D eigenvalue weighted by atomic mass is 16.5. The fourth-order valence-corrected chi connectivity index (χ4v) is 2.55. The van der Waals surface area contributed by atoms with Crippen molar-refractivity contribution in [2.75, 3.05) is 13.7 Å². The number of hydrogen-bond donors (Lipinski definition) is 4. The molecule has 1 aliphatic carbocycles. The molecule has 0 aromatic heterocycles. The molecule has 21 heavy (non-hydrogen) atoms. The Morgan fingerprint density at radius 1 is 1.05 bits per heavy atom. The van der Waals surface area contributed by atoms with Gasteiger partial charge >= 0.3 is 0 Å². The number of benzene rings is 1. The van der Waals surface area contributed by atoms with Gasteiger partial charge in [0.25, 0.3) is 0 Å². The molecule has 1 saturated carbocycles. The third kappa shape index (κ3) is 3.72. The Morgan fingerprint density at radius 3 is 2.29 bits per heavy atom. The van der Waals surface area contributed by atoms with Gasteiger partial charge in [-0.15, -0.1) is 0 Å². The van der Waals surface area contributed by atoms with Gasteiger partial charge in [-0.2, -0.15) is 0 Å². The van der Waals surface area contributed by atoms with Gasteiger partial charge in [0.15, 0.2) is 0 Å². The van der Waals surface area contributed by atoms with Gasteiger partial charge in [-0.25, -0.2) is 0 Å². The Kier molecular flexibility index (Phi) is 5.55.